The molecule has 0 aliphatic rings. The van der Waals surface area contributed by atoms with Gasteiger partial charge in [-0.2, -0.15) is 5.10 Å². The molecule has 1 N–H and O–H groups in total. The molecular formula is C17H17ClN2O2. The van der Waals surface area contributed by atoms with Gasteiger partial charge in [-0.3, -0.25) is 4.79 Å². The molecule has 0 fully saturated rings. The Morgan fingerprint density at radius 2 is 2.05 bits per heavy atom. The lowest BCUT2D eigenvalue weighted by Crippen LogP contribution is -2.19. The molecule has 0 aromatic heterocycles. The van der Waals surface area contributed by atoms with Crippen LogP contribution in [0.5, 0.6) is 5.75 Å². The van der Waals surface area contributed by atoms with Gasteiger partial charge in [0.05, 0.1) is 19.2 Å². The van der Waals surface area contributed by atoms with Gasteiger partial charge in [-0.1, -0.05) is 35.9 Å². The third-order valence-electron chi connectivity index (χ3n) is 2.85. The van der Waals surface area contributed by atoms with Gasteiger partial charge >= 0.3 is 0 Å². The van der Waals surface area contributed by atoms with E-state index in [9.17, 15) is 4.79 Å². The van der Waals surface area contributed by atoms with E-state index in [1.165, 1.54) is 0 Å². The van der Waals surface area contributed by atoms with E-state index in [4.69, 9.17) is 16.3 Å². The van der Waals surface area contributed by atoms with Crippen molar-refractivity contribution in [3.8, 4) is 5.75 Å². The zero-order chi connectivity index (χ0) is 15.8. The Hall–Kier alpha value is -2.33. The Labute approximate surface area is 134 Å². The van der Waals surface area contributed by atoms with Crippen molar-refractivity contribution in [1.82, 2.24) is 5.43 Å². The molecule has 0 aliphatic heterocycles. The van der Waals surface area contributed by atoms with Crippen molar-refractivity contribution in [2.75, 3.05) is 6.61 Å². The maximum Gasteiger partial charge on any atom is 0.244 e. The van der Waals surface area contributed by atoms with Crippen molar-refractivity contribution in [3.63, 3.8) is 0 Å². The molecule has 0 spiro atoms. The Morgan fingerprint density at radius 3 is 2.77 bits per heavy atom. The summed E-state index contributed by atoms with van der Waals surface area (Å²) < 4.78 is 5.40. The molecular weight excluding hydrogens is 300 g/mol. The third kappa shape index (κ3) is 5.22. The summed E-state index contributed by atoms with van der Waals surface area (Å²) in [6.45, 7) is 2.54. The van der Waals surface area contributed by atoms with E-state index in [1.807, 2.05) is 43.3 Å². The van der Waals surface area contributed by atoms with Gasteiger partial charge in [0, 0.05) is 5.02 Å². The van der Waals surface area contributed by atoms with E-state index in [2.05, 4.69) is 10.5 Å². The SMILES string of the molecule is CCOc1cccc(/C=N\NC(=O)Cc2ccc(Cl)cc2)c1. The highest BCUT2D eigenvalue weighted by molar-refractivity contribution is 6.30. The summed E-state index contributed by atoms with van der Waals surface area (Å²) in [7, 11) is 0. The van der Waals surface area contributed by atoms with Gasteiger partial charge < -0.3 is 4.74 Å². The Kier molecular flexibility index (Phi) is 5.98. The second-order valence-electron chi connectivity index (χ2n) is 4.60. The largest absolute Gasteiger partial charge is 0.494 e. The maximum absolute atomic E-state index is 11.8. The van der Waals surface area contributed by atoms with Crippen molar-refractivity contribution >= 4 is 23.7 Å². The molecule has 22 heavy (non-hydrogen) atoms. The number of hydrogen-bond acceptors (Lipinski definition) is 3. The lowest BCUT2D eigenvalue weighted by atomic mass is 10.1. The Bertz CT molecular complexity index is 654. The first kappa shape index (κ1) is 16.0. The fourth-order valence-corrected chi connectivity index (χ4v) is 1.98. The highest BCUT2D eigenvalue weighted by atomic mass is 35.5. The van der Waals surface area contributed by atoms with Gasteiger partial charge in [-0.15, -0.1) is 0 Å². The average Bonchev–Trinajstić information content (AvgIpc) is 2.50. The maximum atomic E-state index is 11.8. The van der Waals surface area contributed by atoms with Gasteiger partial charge in [-0.05, 0) is 42.3 Å². The zero-order valence-electron chi connectivity index (χ0n) is 12.3. The molecule has 114 valence electrons. The molecule has 0 saturated heterocycles. The van der Waals surface area contributed by atoms with Gasteiger partial charge in [0.2, 0.25) is 5.91 Å². The standard InChI is InChI=1S/C17H17ClN2O2/c1-2-22-16-5-3-4-14(10-16)12-19-20-17(21)11-13-6-8-15(18)9-7-13/h3-10,12H,2,11H2,1H3,(H,20,21)/b19-12-. The van der Waals surface area contributed by atoms with Crippen LogP contribution in [0.25, 0.3) is 0 Å². The van der Waals surface area contributed by atoms with Gasteiger partial charge in [-0.25, -0.2) is 5.43 Å². The number of carbonyl (C=O) groups excluding carboxylic acids is 1. The number of benzene rings is 2. The summed E-state index contributed by atoms with van der Waals surface area (Å²) in [5.74, 6) is 0.596. The van der Waals surface area contributed by atoms with Gasteiger partial charge in [0.1, 0.15) is 5.75 Å². The average molecular weight is 317 g/mol. The first-order chi connectivity index (χ1) is 10.7. The molecule has 2 aromatic rings. The van der Waals surface area contributed by atoms with Crippen molar-refractivity contribution in [3.05, 3.63) is 64.7 Å². The molecule has 0 saturated carbocycles. The number of hydrogen-bond donors (Lipinski definition) is 1. The van der Waals surface area contributed by atoms with E-state index in [0.29, 0.717) is 11.6 Å². The second kappa shape index (κ2) is 8.20. The fraction of sp³-hybridized carbons (Fsp3) is 0.176. The van der Waals surface area contributed by atoms with E-state index >= 15 is 0 Å². The predicted molar refractivity (Wildman–Crippen MR) is 88.5 cm³/mol. The second-order valence-corrected chi connectivity index (χ2v) is 5.04. The number of nitrogens with one attached hydrogen (secondary N) is 1. The molecule has 4 nitrogen and oxygen atoms in total. The van der Waals surface area contributed by atoms with Crippen molar-refractivity contribution in [2.45, 2.75) is 13.3 Å². The van der Waals surface area contributed by atoms with E-state index < -0.39 is 0 Å². The minimum Gasteiger partial charge on any atom is -0.494 e. The van der Waals surface area contributed by atoms with Crippen LogP contribution in [0.2, 0.25) is 5.02 Å². The predicted octanol–water partition coefficient (Wildman–Crippen LogP) is 3.43. The summed E-state index contributed by atoms with van der Waals surface area (Å²) >= 11 is 5.80. The normalized spacial score (nSPS) is 10.6. The van der Waals surface area contributed by atoms with E-state index in [-0.39, 0.29) is 12.3 Å². The van der Waals surface area contributed by atoms with Crippen molar-refractivity contribution < 1.29 is 9.53 Å². The first-order valence-electron chi connectivity index (χ1n) is 6.96. The van der Waals surface area contributed by atoms with Crippen molar-refractivity contribution in [1.29, 1.82) is 0 Å². The highest BCUT2D eigenvalue weighted by Gasteiger charge is 2.01. The van der Waals surface area contributed by atoms with Crippen LogP contribution in [0.4, 0.5) is 0 Å². The molecule has 0 atom stereocenters. The van der Waals surface area contributed by atoms with Crippen LogP contribution in [0.1, 0.15) is 18.1 Å². The van der Waals surface area contributed by atoms with Gasteiger partial charge in [0.15, 0.2) is 0 Å². The highest BCUT2D eigenvalue weighted by Crippen LogP contribution is 2.12. The number of halogens is 1. The summed E-state index contributed by atoms with van der Waals surface area (Å²) in [6, 6.07) is 14.6. The number of rotatable bonds is 6. The molecule has 2 rings (SSSR count). The quantitative estimate of drug-likeness (QED) is 0.655. The lowest BCUT2D eigenvalue weighted by molar-refractivity contribution is -0.120. The minimum atomic E-state index is -0.181. The summed E-state index contributed by atoms with van der Waals surface area (Å²) in [5.41, 5.74) is 4.25. The van der Waals surface area contributed by atoms with E-state index in [1.54, 1.807) is 18.3 Å². The van der Waals surface area contributed by atoms with E-state index in [0.717, 1.165) is 16.9 Å². The smallest absolute Gasteiger partial charge is 0.244 e. The minimum absolute atomic E-state index is 0.181. The molecule has 0 bridgehead atoms. The Balaban J connectivity index is 1.87. The number of ether oxygens (including phenoxy) is 1. The molecule has 0 unspecified atom stereocenters. The number of amides is 1. The van der Waals surface area contributed by atoms with Crippen LogP contribution < -0.4 is 10.2 Å². The first-order valence-corrected chi connectivity index (χ1v) is 7.34. The van der Waals surface area contributed by atoms with Crippen LogP contribution in [0.3, 0.4) is 0 Å². The van der Waals surface area contributed by atoms with Crippen LogP contribution >= 0.6 is 11.6 Å². The number of carbonyl (C=O) groups is 1. The van der Waals surface area contributed by atoms with Crippen LogP contribution in [0.15, 0.2) is 53.6 Å². The van der Waals surface area contributed by atoms with Crippen LogP contribution in [0, 0.1) is 0 Å². The summed E-state index contributed by atoms with van der Waals surface area (Å²) in [5, 5.41) is 4.60. The summed E-state index contributed by atoms with van der Waals surface area (Å²) in [6.07, 6.45) is 1.84. The van der Waals surface area contributed by atoms with Gasteiger partial charge in [0.25, 0.3) is 0 Å². The topological polar surface area (TPSA) is 50.7 Å². The van der Waals surface area contributed by atoms with Crippen LogP contribution in [-0.4, -0.2) is 18.7 Å². The molecule has 2 aromatic carbocycles. The molecule has 0 radical (unpaired) electrons. The molecule has 0 heterocycles. The molecule has 1 amide bonds. The lowest BCUT2D eigenvalue weighted by Gasteiger charge is -2.03. The number of hydrazone groups is 1. The summed E-state index contributed by atoms with van der Waals surface area (Å²) in [4.78, 5) is 11.8. The van der Waals surface area contributed by atoms with Crippen molar-refractivity contribution in [2.24, 2.45) is 5.10 Å². The monoisotopic (exact) mass is 316 g/mol. The fourth-order valence-electron chi connectivity index (χ4n) is 1.86. The number of nitrogens with zero attached hydrogens (tertiary/aromatic N) is 1. The Morgan fingerprint density at radius 1 is 1.27 bits per heavy atom. The molecule has 0 aliphatic carbocycles. The third-order valence-corrected chi connectivity index (χ3v) is 3.10. The van der Waals surface area contributed by atoms with Crippen LogP contribution in [-0.2, 0) is 11.2 Å². The molecule has 5 heteroatoms. The zero-order valence-corrected chi connectivity index (χ0v) is 13.0.